The summed E-state index contributed by atoms with van der Waals surface area (Å²) in [5.41, 5.74) is 1.24. The lowest BCUT2D eigenvalue weighted by Gasteiger charge is -2.16. The number of aromatic amines is 1. The van der Waals surface area contributed by atoms with Gasteiger partial charge in [0.1, 0.15) is 11.4 Å². The molecule has 1 aliphatic heterocycles. The first kappa shape index (κ1) is 19.7. The molecule has 0 bridgehead atoms. The van der Waals surface area contributed by atoms with Crippen molar-refractivity contribution < 1.29 is 14.3 Å². The molecular weight excluding hydrogens is 386 g/mol. The van der Waals surface area contributed by atoms with Gasteiger partial charge in [0.2, 0.25) is 6.79 Å². The Balaban J connectivity index is 1.36. The van der Waals surface area contributed by atoms with Gasteiger partial charge in [-0.25, -0.2) is 4.98 Å². The third-order valence-electron chi connectivity index (χ3n) is 4.88. The highest BCUT2D eigenvalue weighted by Gasteiger charge is 2.15. The van der Waals surface area contributed by atoms with E-state index in [1.165, 1.54) is 0 Å². The lowest BCUT2D eigenvalue weighted by molar-refractivity contribution is 0.0949. The molecule has 0 unspecified atom stereocenters. The predicted octanol–water partition coefficient (Wildman–Crippen LogP) is 1.40. The van der Waals surface area contributed by atoms with E-state index in [2.05, 4.69) is 15.3 Å². The number of aromatic nitrogens is 3. The molecule has 1 aliphatic rings. The van der Waals surface area contributed by atoms with Gasteiger partial charge in [-0.05, 0) is 36.9 Å². The van der Waals surface area contributed by atoms with Gasteiger partial charge < -0.3 is 24.3 Å². The molecule has 1 aromatic carbocycles. The summed E-state index contributed by atoms with van der Waals surface area (Å²) in [6.07, 6.45) is 3.64. The van der Waals surface area contributed by atoms with Crippen LogP contribution in [0.15, 0.2) is 47.5 Å². The standard InChI is InChI=1S/C21H23N5O4/c1-25(12-19-22-7-8-26(19)2)11-15-4-5-16(21(28)24-15)20(27)23-10-14-3-6-17-18(9-14)30-13-29-17/h3-9H,10-13H2,1-2H3,(H,23,27)(H,24,28). The van der Waals surface area contributed by atoms with Crippen LogP contribution in [0.2, 0.25) is 0 Å². The first-order chi connectivity index (χ1) is 14.5. The lowest BCUT2D eigenvalue weighted by atomic mass is 10.2. The average molecular weight is 409 g/mol. The molecule has 1 amide bonds. The fraction of sp³-hybridized carbons (Fsp3) is 0.286. The molecule has 9 heteroatoms. The number of fused-ring (bicyclic) bond motifs is 1. The van der Waals surface area contributed by atoms with Crippen molar-refractivity contribution in [2.45, 2.75) is 19.6 Å². The van der Waals surface area contributed by atoms with Crippen LogP contribution in [-0.2, 0) is 26.7 Å². The molecule has 0 radical (unpaired) electrons. The Kier molecular flexibility index (Phi) is 5.53. The van der Waals surface area contributed by atoms with Gasteiger partial charge >= 0.3 is 0 Å². The van der Waals surface area contributed by atoms with Gasteiger partial charge in [-0.3, -0.25) is 14.5 Å². The number of aryl methyl sites for hydroxylation is 1. The first-order valence-electron chi connectivity index (χ1n) is 9.53. The van der Waals surface area contributed by atoms with Crippen LogP contribution in [0.25, 0.3) is 0 Å². The smallest absolute Gasteiger partial charge is 0.261 e. The van der Waals surface area contributed by atoms with Crippen molar-refractivity contribution in [2.75, 3.05) is 13.8 Å². The molecule has 0 spiro atoms. The number of carbonyl (C=O) groups excluding carboxylic acids is 1. The van der Waals surface area contributed by atoms with Gasteiger partial charge in [0.05, 0.1) is 6.54 Å². The molecule has 2 N–H and O–H groups in total. The van der Waals surface area contributed by atoms with E-state index in [-0.39, 0.29) is 18.9 Å². The van der Waals surface area contributed by atoms with E-state index in [9.17, 15) is 9.59 Å². The Morgan fingerprint density at radius 3 is 2.83 bits per heavy atom. The van der Waals surface area contributed by atoms with Crippen molar-refractivity contribution in [3.8, 4) is 11.5 Å². The molecule has 4 rings (SSSR count). The van der Waals surface area contributed by atoms with Crippen molar-refractivity contribution >= 4 is 5.91 Å². The summed E-state index contributed by atoms with van der Waals surface area (Å²) in [6.45, 7) is 1.65. The van der Waals surface area contributed by atoms with Gasteiger partial charge in [0.15, 0.2) is 11.5 Å². The molecule has 2 aromatic heterocycles. The van der Waals surface area contributed by atoms with E-state index in [0.717, 1.165) is 17.1 Å². The Bertz CT molecular complexity index is 1120. The maximum absolute atomic E-state index is 12.4. The van der Waals surface area contributed by atoms with E-state index in [1.54, 1.807) is 24.4 Å². The third-order valence-corrected chi connectivity index (χ3v) is 4.88. The highest BCUT2D eigenvalue weighted by Crippen LogP contribution is 2.32. The summed E-state index contributed by atoms with van der Waals surface area (Å²) in [7, 11) is 3.88. The summed E-state index contributed by atoms with van der Waals surface area (Å²) < 4.78 is 12.6. The fourth-order valence-corrected chi connectivity index (χ4v) is 3.25. The maximum atomic E-state index is 12.4. The number of pyridine rings is 1. The number of ether oxygens (including phenoxy) is 2. The predicted molar refractivity (Wildman–Crippen MR) is 109 cm³/mol. The Labute approximate surface area is 173 Å². The number of rotatable bonds is 7. The zero-order valence-corrected chi connectivity index (χ0v) is 16.8. The van der Waals surface area contributed by atoms with Gasteiger partial charge in [-0.15, -0.1) is 0 Å². The highest BCUT2D eigenvalue weighted by molar-refractivity contribution is 5.93. The van der Waals surface area contributed by atoms with Crippen LogP contribution < -0.4 is 20.3 Å². The quantitative estimate of drug-likeness (QED) is 0.612. The van der Waals surface area contributed by atoms with E-state index in [1.807, 2.05) is 41.9 Å². The number of hydrogen-bond donors (Lipinski definition) is 2. The summed E-state index contributed by atoms with van der Waals surface area (Å²) in [5.74, 6) is 1.84. The van der Waals surface area contributed by atoms with Gasteiger partial charge in [0, 0.05) is 38.2 Å². The van der Waals surface area contributed by atoms with Crippen molar-refractivity contribution in [1.29, 1.82) is 0 Å². The van der Waals surface area contributed by atoms with Crippen molar-refractivity contribution in [3.05, 3.63) is 75.7 Å². The van der Waals surface area contributed by atoms with Crippen LogP contribution in [0.4, 0.5) is 0 Å². The molecule has 0 atom stereocenters. The van der Waals surface area contributed by atoms with Gasteiger partial charge in [-0.2, -0.15) is 0 Å². The van der Waals surface area contributed by atoms with Gasteiger partial charge in [-0.1, -0.05) is 6.07 Å². The van der Waals surface area contributed by atoms with Crippen LogP contribution in [0.1, 0.15) is 27.4 Å². The van der Waals surface area contributed by atoms with E-state index in [4.69, 9.17) is 9.47 Å². The van der Waals surface area contributed by atoms with Crippen LogP contribution in [0.5, 0.6) is 11.5 Å². The van der Waals surface area contributed by atoms with Crippen LogP contribution >= 0.6 is 0 Å². The molecule has 0 saturated heterocycles. The van der Waals surface area contributed by atoms with E-state index >= 15 is 0 Å². The Morgan fingerprint density at radius 2 is 2.07 bits per heavy atom. The van der Waals surface area contributed by atoms with E-state index < -0.39 is 11.5 Å². The zero-order chi connectivity index (χ0) is 21.1. The molecular formula is C21H23N5O4. The van der Waals surface area contributed by atoms with Crippen LogP contribution in [0, 0.1) is 0 Å². The molecule has 9 nitrogen and oxygen atoms in total. The SMILES string of the molecule is CN(Cc1ccc(C(=O)NCc2ccc3c(c2)OCO3)c(=O)[nH]1)Cc1nccn1C. The third kappa shape index (κ3) is 4.36. The second-order valence-corrected chi connectivity index (χ2v) is 7.22. The summed E-state index contributed by atoms with van der Waals surface area (Å²) in [5, 5.41) is 2.77. The zero-order valence-electron chi connectivity index (χ0n) is 16.8. The molecule has 30 heavy (non-hydrogen) atoms. The number of imidazole rings is 1. The minimum absolute atomic E-state index is 0.0752. The molecule has 0 aliphatic carbocycles. The summed E-state index contributed by atoms with van der Waals surface area (Å²) in [4.78, 5) is 34.0. The van der Waals surface area contributed by atoms with Gasteiger partial charge in [0.25, 0.3) is 11.5 Å². The van der Waals surface area contributed by atoms with Crippen molar-refractivity contribution in [2.24, 2.45) is 7.05 Å². The first-order valence-corrected chi connectivity index (χ1v) is 9.53. The van der Waals surface area contributed by atoms with Crippen LogP contribution in [0.3, 0.4) is 0 Å². The molecule has 156 valence electrons. The van der Waals surface area contributed by atoms with Crippen LogP contribution in [-0.4, -0.2) is 39.2 Å². The number of nitrogens with zero attached hydrogens (tertiary/aromatic N) is 3. The summed E-state index contributed by atoms with van der Waals surface area (Å²) >= 11 is 0. The fourth-order valence-electron chi connectivity index (χ4n) is 3.25. The number of H-pyrrole nitrogens is 1. The minimum Gasteiger partial charge on any atom is -0.454 e. The van der Waals surface area contributed by atoms with Crippen molar-refractivity contribution in [3.63, 3.8) is 0 Å². The minimum atomic E-state index is -0.429. The topological polar surface area (TPSA) is 101 Å². The van der Waals surface area contributed by atoms with Crippen molar-refractivity contribution in [1.82, 2.24) is 24.8 Å². The van der Waals surface area contributed by atoms with E-state index in [0.29, 0.717) is 24.6 Å². The number of nitrogens with one attached hydrogen (secondary N) is 2. The second kappa shape index (κ2) is 8.42. The second-order valence-electron chi connectivity index (χ2n) is 7.22. The number of hydrogen-bond acceptors (Lipinski definition) is 6. The Morgan fingerprint density at radius 1 is 1.23 bits per heavy atom. The molecule has 0 saturated carbocycles. The number of amides is 1. The lowest BCUT2D eigenvalue weighted by Crippen LogP contribution is -2.30. The highest BCUT2D eigenvalue weighted by atomic mass is 16.7. The molecule has 0 fully saturated rings. The summed E-state index contributed by atoms with van der Waals surface area (Å²) in [6, 6.07) is 8.77. The number of carbonyl (C=O) groups is 1. The average Bonchev–Trinajstić information content (AvgIpc) is 3.34. The monoisotopic (exact) mass is 409 g/mol. The normalized spacial score (nSPS) is 12.4. The number of benzene rings is 1. The molecule has 3 aromatic rings. The largest absolute Gasteiger partial charge is 0.454 e. The Hall–Kier alpha value is -3.59. The maximum Gasteiger partial charge on any atom is 0.261 e. The molecule has 3 heterocycles.